The van der Waals surface area contributed by atoms with Crippen LogP contribution in [0.1, 0.15) is 23.9 Å². The molecule has 3 aromatic rings. The van der Waals surface area contributed by atoms with Crippen LogP contribution in [0.25, 0.3) is 0 Å². The van der Waals surface area contributed by atoms with Gasteiger partial charge in [0, 0.05) is 18.8 Å². The van der Waals surface area contributed by atoms with Gasteiger partial charge in [0.15, 0.2) is 0 Å². The number of aromatic nitrogens is 5. The van der Waals surface area contributed by atoms with Crippen molar-refractivity contribution in [3.63, 3.8) is 0 Å². The standard InChI is InChI=1S/C15H18N6O/c1-4-12-6-5-7-14(9-12)20(3)15-16-18-19-21(15)10-13-8-11(2)22-17-13/h5-9H,4,10H2,1-3H3. The highest BCUT2D eigenvalue weighted by atomic mass is 16.5. The molecule has 0 aliphatic rings. The van der Waals surface area contributed by atoms with E-state index in [2.05, 4.69) is 39.7 Å². The lowest BCUT2D eigenvalue weighted by molar-refractivity contribution is 0.387. The summed E-state index contributed by atoms with van der Waals surface area (Å²) in [6.07, 6.45) is 0.991. The van der Waals surface area contributed by atoms with Crippen molar-refractivity contribution in [2.75, 3.05) is 11.9 Å². The van der Waals surface area contributed by atoms with Gasteiger partial charge in [-0.15, -0.1) is 0 Å². The quantitative estimate of drug-likeness (QED) is 0.720. The smallest absolute Gasteiger partial charge is 0.250 e. The zero-order chi connectivity index (χ0) is 15.5. The first-order valence-corrected chi connectivity index (χ1v) is 7.18. The van der Waals surface area contributed by atoms with Crippen LogP contribution in [0.5, 0.6) is 0 Å². The van der Waals surface area contributed by atoms with Gasteiger partial charge in [-0.1, -0.05) is 29.3 Å². The SMILES string of the molecule is CCc1cccc(N(C)c2nnnn2Cc2cc(C)on2)c1. The van der Waals surface area contributed by atoms with Crippen molar-refractivity contribution >= 4 is 11.6 Å². The molecule has 0 saturated carbocycles. The zero-order valence-electron chi connectivity index (χ0n) is 12.9. The molecule has 0 bridgehead atoms. The minimum Gasteiger partial charge on any atom is -0.361 e. The van der Waals surface area contributed by atoms with Gasteiger partial charge in [-0.3, -0.25) is 0 Å². The van der Waals surface area contributed by atoms with Crippen LogP contribution in [0.4, 0.5) is 11.6 Å². The maximum Gasteiger partial charge on any atom is 0.250 e. The average molecular weight is 298 g/mol. The summed E-state index contributed by atoms with van der Waals surface area (Å²) >= 11 is 0. The third-order valence-electron chi connectivity index (χ3n) is 3.51. The summed E-state index contributed by atoms with van der Waals surface area (Å²) in [5.74, 6) is 1.43. The van der Waals surface area contributed by atoms with E-state index in [9.17, 15) is 0 Å². The van der Waals surface area contributed by atoms with Crippen LogP contribution in [0.3, 0.4) is 0 Å². The molecule has 0 N–H and O–H groups in total. The summed E-state index contributed by atoms with van der Waals surface area (Å²) in [4.78, 5) is 1.96. The topological polar surface area (TPSA) is 72.9 Å². The number of aryl methyl sites for hydroxylation is 2. The molecule has 22 heavy (non-hydrogen) atoms. The zero-order valence-corrected chi connectivity index (χ0v) is 12.9. The van der Waals surface area contributed by atoms with Crippen molar-refractivity contribution in [1.82, 2.24) is 25.4 Å². The van der Waals surface area contributed by atoms with Gasteiger partial charge in [-0.2, -0.15) is 0 Å². The van der Waals surface area contributed by atoms with Crippen molar-refractivity contribution in [2.45, 2.75) is 26.8 Å². The fraction of sp³-hybridized carbons (Fsp3) is 0.333. The van der Waals surface area contributed by atoms with Gasteiger partial charge < -0.3 is 9.42 Å². The first-order valence-electron chi connectivity index (χ1n) is 7.18. The second kappa shape index (κ2) is 5.97. The normalized spacial score (nSPS) is 10.9. The van der Waals surface area contributed by atoms with E-state index in [1.165, 1.54) is 5.56 Å². The maximum absolute atomic E-state index is 5.08. The summed E-state index contributed by atoms with van der Waals surface area (Å²) in [5.41, 5.74) is 3.11. The number of hydrogen-bond acceptors (Lipinski definition) is 6. The molecule has 2 aromatic heterocycles. The van der Waals surface area contributed by atoms with Crippen LogP contribution < -0.4 is 4.90 Å². The molecule has 3 rings (SSSR count). The Balaban J connectivity index is 1.86. The van der Waals surface area contributed by atoms with E-state index in [1.807, 2.05) is 37.1 Å². The van der Waals surface area contributed by atoms with Gasteiger partial charge in [-0.05, 0) is 41.5 Å². The van der Waals surface area contributed by atoms with Crippen LogP contribution in [0.2, 0.25) is 0 Å². The number of hydrogen-bond donors (Lipinski definition) is 0. The average Bonchev–Trinajstić information content (AvgIpc) is 3.16. The van der Waals surface area contributed by atoms with Gasteiger partial charge in [0.25, 0.3) is 0 Å². The van der Waals surface area contributed by atoms with Gasteiger partial charge >= 0.3 is 0 Å². The number of anilines is 2. The van der Waals surface area contributed by atoms with Gasteiger partial charge in [-0.25, -0.2) is 4.68 Å². The molecule has 2 heterocycles. The molecule has 0 saturated heterocycles. The summed E-state index contributed by atoms with van der Waals surface area (Å²) in [5, 5.41) is 15.9. The molecular weight excluding hydrogens is 280 g/mol. The summed E-state index contributed by atoms with van der Waals surface area (Å²) < 4.78 is 6.79. The fourth-order valence-electron chi connectivity index (χ4n) is 2.29. The van der Waals surface area contributed by atoms with E-state index in [0.29, 0.717) is 12.5 Å². The largest absolute Gasteiger partial charge is 0.361 e. The first kappa shape index (κ1) is 14.2. The summed E-state index contributed by atoms with van der Waals surface area (Å²) in [7, 11) is 1.95. The predicted octanol–water partition coefficient (Wildman–Crippen LogP) is 2.35. The molecule has 0 spiro atoms. The molecule has 0 amide bonds. The fourth-order valence-corrected chi connectivity index (χ4v) is 2.29. The van der Waals surface area contributed by atoms with E-state index < -0.39 is 0 Å². The molecule has 0 fully saturated rings. The molecule has 0 radical (unpaired) electrons. The highest BCUT2D eigenvalue weighted by Crippen LogP contribution is 2.22. The molecule has 7 nitrogen and oxygen atoms in total. The Hall–Kier alpha value is -2.70. The van der Waals surface area contributed by atoms with Crippen LogP contribution >= 0.6 is 0 Å². The molecule has 114 valence electrons. The van der Waals surface area contributed by atoms with E-state index in [0.717, 1.165) is 23.6 Å². The van der Waals surface area contributed by atoms with Crippen molar-refractivity contribution in [3.05, 3.63) is 47.3 Å². The van der Waals surface area contributed by atoms with E-state index in [-0.39, 0.29) is 0 Å². The lowest BCUT2D eigenvalue weighted by Gasteiger charge is -2.18. The number of benzene rings is 1. The van der Waals surface area contributed by atoms with Crippen LogP contribution in [0.15, 0.2) is 34.9 Å². The molecular formula is C15H18N6O. The Labute approximate surface area is 128 Å². The Morgan fingerprint density at radius 1 is 1.27 bits per heavy atom. The van der Waals surface area contributed by atoms with Gasteiger partial charge in [0.05, 0.1) is 6.54 Å². The van der Waals surface area contributed by atoms with E-state index >= 15 is 0 Å². The molecule has 0 aliphatic heterocycles. The highest BCUT2D eigenvalue weighted by Gasteiger charge is 2.15. The third kappa shape index (κ3) is 2.83. The molecule has 0 aliphatic carbocycles. The predicted molar refractivity (Wildman–Crippen MR) is 82.0 cm³/mol. The van der Waals surface area contributed by atoms with Crippen molar-refractivity contribution in [3.8, 4) is 0 Å². The summed E-state index contributed by atoms with van der Waals surface area (Å²) in [6, 6.07) is 10.2. The second-order valence-corrected chi connectivity index (χ2v) is 5.15. The Kier molecular flexibility index (Phi) is 3.86. The Morgan fingerprint density at radius 3 is 2.86 bits per heavy atom. The number of rotatable bonds is 5. The van der Waals surface area contributed by atoms with Gasteiger partial charge in [0.1, 0.15) is 11.5 Å². The second-order valence-electron chi connectivity index (χ2n) is 5.15. The van der Waals surface area contributed by atoms with Crippen LogP contribution in [-0.2, 0) is 13.0 Å². The molecule has 7 heteroatoms. The number of nitrogens with zero attached hydrogens (tertiary/aromatic N) is 6. The lowest BCUT2D eigenvalue weighted by Crippen LogP contribution is -2.17. The van der Waals surface area contributed by atoms with Crippen LogP contribution in [-0.4, -0.2) is 32.4 Å². The minimum absolute atomic E-state index is 0.470. The van der Waals surface area contributed by atoms with E-state index in [4.69, 9.17) is 4.52 Å². The maximum atomic E-state index is 5.08. The molecule has 0 atom stereocenters. The highest BCUT2D eigenvalue weighted by molar-refractivity contribution is 5.57. The summed E-state index contributed by atoms with van der Waals surface area (Å²) in [6.45, 7) is 4.47. The molecule has 0 unspecified atom stereocenters. The van der Waals surface area contributed by atoms with E-state index in [1.54, 1.807) is 4.68 Å². The van der Waals surface area contributed by atoms with Gasteiger partial charge in [0.2, 0.25) is 5.95 Å². The Morgan fingerprint density at radius 2 is 2.14 bits per heavy atom. The van der Waals surface area contributed by atoms with Crippen molar-refractivity contribution in [1.29, 1.82) is 0 Å². The van der Waals surface area contributed by atoms with Crippen molar-refractivity contribution < 1.29 is 4.52 Å². The Bertz CT molecular complexity index is 763. The molecule has 1 aromatic carbocycles. The lowest BCUT2D eigenvalue weighted by atomic mass is 10.1. The third-order valence-corrected chi connectivity index (χ3v) is 3.51. The number of tetrazole rings is 1. The van der Waals surface area contributed by atoms with Crippen molar-refractivity contribution in [2.24, 2.45) is 0 Å². The first-order chi connectivity index (χ1) is 10.7. The van der Waals surface area contributed by atoms with Crippen LogP contribution in [0, 0.1) is 6.92 Å². The minimum atomic E-state index is 0.470. The monoisotopic (exact) mass is 298 g/mol.